The topological polar surface area (TPSA) is 34.1 Å². The van der Waals surface area contributed by atoms with Gasteiger partial charge in [0.15, 0.2) is 5.75 Å². The summed E-state index contributed by atoms with van der Waals surface area (Å²) in [5.41, 5.74) is 3.39. The third kappa shape index (κ3) is 3.98. The number of nitrogens with zero attached hydrogens (tertiary/aromatic N) is 1. The molecule has 0 aliphatic carbocycles. The van der Waals surface area contributed by atoms with Gasteiger partial charge in [0.25, 0.3) is 0 Å². The zero-order valence-corrected chi connectivity index (χ0v) is 11.5. The third-order valence-corrected chi connectivity index (χ3v) is 3.02. The van der Waals surface area contributed by atoms with Gasteiger partial charge in [-0.2, -0.15) is 0 Å². The SMILES string of the molecule is COc1cnc(C)cc1NCCCc1ccccc1. The first kappa shape index (κ1) is 13.4. The number of aryl methyl sites for hydroxylation is 2. The molecule has 0 aliphatic rings. The van der Waals surface area contributed by atoms with Crippen LogP contribution in [0.2, 0.25) is 0 Å². The van der Waals surface area contributed by atoms with Crippen molar-refractivity contribution in [3.63, 3.8) is 0 Å². The first-order valence-corrected chi connectivity index (χ1v) is 6.58. The van der Waals surface area contributed by atoms with Crippen LogP contribution < -0.4 is 10.1 Å². The minimum absolute atomic E-state index is 0.797. The van der Waals surface area contributed by atoms with Crippen LogP contribution in [0.25, 0.3) is 0 Å². The molecule has 0 atom stereocenters. The molecule has 0 saturated carbocycles. The summed E-state index contributed by atoms with van der Waals surface area (Å²) in [6.07, 6.45) is 3.93. The lowest BCUT2D eigenvalue weighted by Crippen LogP contribution is -2.05. The van der Waals surface area contributed by atoms with Crippen molar-refractivity contribution >= 4 is 5.69 Å². The molecule has 1 aromatic heterocycles. The van der Waals surface area contributed by atoms with Gasteiger partial charge in [0, 0.05) is 12.2 Å². The number of benzene rings is 1. The van der Waals surface area contributed by atoms with Gasteiger partial charge in [-0.3, -0.25) is 4.98 Å². The highest BCUT2D eigenvalue weighted by molar-refractivity contribution is 5.55. The Morgan fingerprint density at radius 2 is 2.00 bits per heavy atom. The Hall–Kier alpha value is -2.03. The van der Waals surface area contributed by atoms with Crippen molar-refractivity contribution in [2.75, 3.05) is 19.0 Å². The van der Waals surface area contributed by atoms with E-state index in [0.29, 0.717) is 0 Å². The molecule has 2 aromatic rings. The number of aromatic nitrogens is 1. The number of methoxy groups -OCH3 is 1. The first-order valence-electron chi connectivity index (χ1n) is 6.58. The Labute approximate surface area is 114 Å². The van der Waals surface area contributed by atoms with Gasteiger partial charge in [-0.25, -0.2) is 0 Å². The van der Waals surface area contributed by atoms with E-state index in [4.69, 9.17) is 4.74 Å². The molecule has 0 aliphatic heterocycles. The van der Waals surface area contributed by atoms with E-state index in [1.807, 2.05) is 19.1 Å². The second-order valence-electron chi connectivity index (χ2n) is 4.54. The molecule has 1 heterocycles. The second kappa shape index (κ2) is 6.78. The summed E-state index contributed by atoms with van der Waals surface area (Å²) in [6.45, 7) is 2.91. The van der Waals surface area contributed by atoms with Gasteiger partial charge in [-0.1, -0.05) is 30.3 Å². The Kier molecular flexibility index (Phi) is 4.78. The maximum absolute atomic E-state index is 5.29. The molecule has 0 fully saturated rings. The average molecular weight is 256 g/mol. The summed E-state index contributed by atoms with van der Waals surface area (Å²) >= 11 is 0. The van der Waals surface area contributed by atoms with Crippen molar-refractivity contribution in [1.82, 2.24) is 4.98 Å². The molecule has 0 bridgehead atoms. The summed E-state index contributed by atoms with van der Waals surface area (Å²) in [5, 5.41) is 3.41. The quantitative estimate of drug-likeness (QED) is 0.804. The van der Waals surface area contributed by atoms with Crippen LogP contribution in [-0.4, -0.2) is 18.6 Å². The van der Waals surface area contributed by atoms with E-state index >= 15 is 0 Å². The highest BCUT2D eigenvalue weighted by atomic mass is 16.5. The molecule has 0 radical (unpaired) electrons. The zero-order chi connectivity index (χ0) is 13.5. The molecule has 0 saturated heterocycles. The average Bonchev–Trinajstić information content (AvgIpc) is 2.45. The summed E-state index contributed by atoms with van der Waals surface area (Å²) in [5.74, 6) is 0.797. The van der Waals surface area contributed by atoms with E-state index in [0.717, 1.165) is 36.5 Å². The first-order chi connectivity index (χ1) is 9.29. The monoisotopic (exact) mass is 256 g/mol. The van der Waals surface area contributed by atoms with Crippen molar-refractivity contribution in [1.29, 1.82) is 0 Å². The van der Waals surface area contributed by atoms with E-state index < -0.39 is 0 Å². The fourth-order valence-electron chi connectivity index (χ4n) is 2.01. The van der Waals surface area contributed by atoms with Gasteiger partial charge < -0.3 is 10.1 Å². The second-order valence-corrected chi connectivity index (χ2v) is 4.54. The predicted molar refractivity (Wildman–Crippen MR) is 78.8 cm³/mol. The van der Waals surface area contributed by atoms with Crippen LogP contribution in [0.5, 0.6) is 5.75 Å². The maximum Gasteiger partial charge on any atom is 0.160 e. The molecular formula is C16H20N2O. The van der Waals surface area contributed by atoms with Crippen LogP contribution in [0.4, 0.5) is 5.69 Å². The number of pyridine rings is 1. The minimum Gasteiger partial charge on any atom is -0.493 e. The van der Waals surface area contributed by atoms with Crippen molar-refractivity contribution in [2.45, 2.75) is 19.8 Å². The summed E-state index contributed by atoms with van der Waals surface area (Å²) in [6, 6.07) is 12.6. The molecule has 3 nitrogen and oxygen atoms in total. The molecule has 1 N–H and O–H groups in total. The molecule has 100 valence electrons. The molecule has 0 spiro atoms. The van der Waals surface area contributed by atoms with Gasteiger partial charge in [0.1, 0.15) is 0 Å². The number of hydrogen-bond acceptors (Lipinski definition) is 3. The van der Waals surface area contributed by atoms with E-state index in [2.05, 4.69) is 34.6 Å². The van der Waals surface area contributed by atoms with E-state index in [1.54, 1.807) is 13.3 Å². The molecule has 0 amide bonds. The van der Waals surface area contributed by atoms with Crippen LogP contribution >= 0.6 is 0 Å². The van der Waals surface area contributed by atoms with Crippen molar-refractivity contribution in [2.24, 2.45) is 0 Å². The van der Waals surface area contributed by atoms with Crippen LogP contribution in [-0.2, 0) is 6.42 Å². The maximum atomic E-state index is 5.29. The largest absolute Gasteiger partial charge is 0.493 e. The Morgan fingerprint density at radius 1 is 1.21 bits per heavy atom. The van der Waals surface area contributed by atoms with Crippen molar-refractivity contribution in [3.8, 4) is 5.75 Å². The minimum atomic E-state index is 0.797. The number of nitrogens with one attached hydrogen (secondary N) is 1. The van der Waals surface area contributed by atoms with Gasteiger partial charge in [0.2, 0.25) is 0 Å². The Morgan fingerprint density at radius 3 is 2.74 bits per heavy atom. The van der Waals surface area contributed by atoms with E-state index in [-0.39, 0.29) is 0 Å². The number of ether oxygens (including phenoxy) is 1. The Bertz CT molecular complexity index is 511. The third-order valence-electron chi connectivity index (χ3n) is 3.02. The molecular weight excluding hydrogens is 236 g/mol. The van der Waals surface area contributed by atoms with E-state index in [1.165, 1.54) is 5.56 Å². The van der Waals surface area contributed by atoms with Gasteiger partial charge in [0.05, 0.1) is 19.0 Å². The summed E-state index contributed by atoms with van der Waals surface area (Å²) in [4.78, 5) is 4.22. The lowest BCUT2D eigenvalue weighted by Gasteiger charge is -2.11. The smallest absolute Gasteiger partial charge is 0.160 e. The molecule has 0 unspecified atom stereocenters. The lowest BCUT2D eigenvalue weighted by molar-refractivity contribution is 0.414. The number of rotatable bonds is 6. The van der Waals surface area contributed by atoms with Crippen LogP contribution in [0.15, 0.2) is 42.6 Å². The lowest BCUT2D eigenvalue weighted by atomic mass is 10.1. The van der Waals surface area contributed by atoms with Crippen molar-refractivity contribution in [3.05, 3.63) is 53.9 Å². The summed E-state index contributed by atoms with van der Waals surface area (Å²) in [7, 11) is 1.67. The van der Waals surface area contributed by atoms with Gasteiger partial charge in [-0.15, -0.1) is 0 Å². The number of hydrogen-bond donors (Lipinski definition) is 1. The molecule has 2 rings (SSSR count). The highest BCUT2D eigenvalue weighted by Crippen LogP contribution is 2.23. The van der Waals surface area contributed by atoms with E-state index in [9.17, 15) is 0 Å². The molecule has 1 aromatic carbocycles. The van der Waals surface area contributed by atoms with Crippen LogP contribution in [0.3, 0.4) is 0 Å². The molecule has 3 heteroatoms. The standard InChI is InChI=1S/C16H20N2O/c1-13-11-15(16(19-2)12-18-13)17-10-6-9-14-7-4-3-5-8-14/h3-5,7-8,11-12H,6,9-10H2,1-2H3,(H,17,18). The number of anilines is 1. The van der Waals surface area contributed by atoms with Crippen LogP contribution in [0.1, 0.15) is 17.7 Å². The fourth-order valence-corrected chi connectivity index (χ4v) is 2.01. The van der Waals surface area contributed by atoms with Gasteiger partial charge >= 0.3 is 0 Å². The normalized spacial score (nSPS) is 10.2. The van der Waals surface area contributed by atoms with Gasteiger partial charge in [-0.05, 0) is 31.4 Å². The fraction of sp³-hybridized carbons (Fsp3) is 0.312. The highest BCUT2D eigenvalue weighted by Gasteiger charge is 2.03. The predicted octanol–water partition coefficient (Wildman–Crippen LogP) is 3.44. The van der Waals surface area contributed by atoms with Crippen molar-refractivity contribution < 1.29 is 4.74 Å². The van der Waals surface area contributed by atoms with Crippen LogP contribution in [0, 0.1) is 6.92 Å². The Balaban J connectivity index is 1.84. The zero-order valence-electron chi connectivity index (χ0n) is 11.5. The molecule has 19 heavy (non-hydrogen) atoms. The summed E-state index contributed by atoms with van der Waals surface area (Å²) < 4.78 is 5.29.